The van der Waals surface area contributed by atoms with Crippen LogP contribution < -0.4 is 5.73 Å². The lowest BCUT2D eigenvalue weighted by Crippen LogP contribution is -2.48. The van der Waals surface area contributed by atoms with Crippen molar-refractivity contribution in [2.75, 3.05) is 26.2 Å². The molecular formula is C10H22N2O. The van der Waals surface area contributed by atoms with E-state index in [2.05, 4.69) is 18.7 Å². The molecule has 1 aliphatic heterocycles. The number of rotatable bonds is 5. The quantitative estimate of drug-likeness (QED) is 0.691. The van der Waals surface area contributed by atoms with E-state index < -0.39 is 0 Å². The lowest BCUT2D eigenvalue weighted by Gasteiger charge is -2.32. The first kappa shape index (κ1) is 11.0. The summed E-state index contributed by atoms with van der Waals surface area (Å²) in [5.41, 5.74) is 5.78. The number of hydrogen-bond donors (Lipinski definition) is 1. The fourth-order valence-corrected chi connectivity index (χ4v) is 2.13. The molecule has 0 spiro atoms. The number of ether oxygens (including phenoxy) is 1. The van der Waals surface area contributed by atoms with Crippen LogP contribution in [0.1, 0.15) is 26.7 Å². The van der Waals surface area contributed by atoms with E-state index in [-0.39, 0.29) is 0 Å². The monoisotopic (exact) mass is 186 g/mol. The smallest absolute Gasteiger partial charge is 0.0743 e. The van der Waals surface area contributed by atoms with Gasteiger partial charge in [0.05, 0.1) is 6.10 Å². The topological polar surface area (TPSA) is 38.5 Å². The Labute approximate surface area is 81.2 Å². The summed E-state index contributed by atoms with van der Waals surface area (Å²) < 4.78 is 5.67. The summed E-state index contributed by atoms with van der Waals surface area (Å²) in [5.74, 6) is 0. The molecule has 2 unspecified atom stereocenters. The molecule has 0 aromatic carbocycles. The second-order valence-corrected chi connectivity index (χ2v) is 3.58. The van der Waals surface area contributed by atoms with Gasteiger partial charge in [-0.05, 0) is 25.9 Å². The average Bonchev–Trinajstić information content (AvgIpc) is 2.66. The van der Waals surface area contributed by atoms with Crippen molar-refractivity contribution in [3.63, 3.8) is 0 Å². The second-order valence-electron chi connectivity index (χ2n) is 3.58. The van der Waals surface area contributed by atoms with Gasteiger partial charge in [0.15, 0.2) is 0 Å². The predicted molar refractivity (Wildman–Crippen MR) is 54.7 cm³/mol. The average molecular weight is 186 g/mol. The van der Waals surface area contributed by atoms with Gasteiger partial charge in [-0.3, -0.25) is 4.90 Å². The van der Waals surface area contributed by atoms with Crippen LogP contribution >= 0.6 is 0 Å². The molecule has 0 radical (unpaired) electrons. The van der Waals surface area contributed by atoms with E-state index in [9.17, 15) is 0 Å². The zero-order valence-electron chi connectivity index (χ0n) is 8.83. The summed E-state index contributed by atoms with van der Waals surface area (Å²) in [7, 11) is 0. The van der Waals surface area contributed by atoms with Gasteiger partial charge in [0.1, 0.15) is 0 Å². The second kappa shape index (κ2) is 5.58. The Morgan fingerprint density at radius 3 is 2.54 bits per heavy atom. The SMILES string of the molecule is CCN(CC)C(CN)C1CCCO1. The summed E-state index contributed by atoms with van der Waals surface area (Å²) >= 11 is 0. The van der Waals surface area contributed by atoms with E-state index in [4.69, 9.17) is 10.5 Å². The molecular weight excluding hydrogens is 164 g/mol. The third-order valence-electron chi connectivity index (χ3n) is 2.92. The van der Waals surface area contributed by atoms with E-state index >= 15 is 0 Å². The van der Waals surface area contributed by atoms with Gasteiger partial charge in [-0.1, -0.05) is 13.8 Å². The molecule has 13 heavy (non-hydrogen) atoms. The minimum Gasteiger partial charge on any atom is -0.377 e. The van der Waals surface area contributed by atoms with Gasteiger partial charge in [-0.15, -0.1) is 0 Å². The van der Waals surface area contributed by atoms with Crippen molar-refractivity contribution in [3.8, 4) is 0 Å². The van der Waals surface area contributed by atoms with Gasteiger partial charge >= 0.3 is 0 Å². The Bertz CT molecular complexity index is 129. The van der Waals surface area contributed by atoms with E-state index in [1.165, 1.54) is 12.8 Å². The summed E-state index contributed by atoms with van der Waals surface area (Å²) in [6, 6.07) is 0.428. The molecule has 1 heterocycles. The van der Waals surface area contributed by atoms with Crippen LogP contribution in [-0.4, -0.2) is 43.3 Å². The molecule has 3 nitrogen and oxygen atoms in total. The molecule has 0 amide bonds. The molecule has 0 aromatic heterocycles. The molecule has 1 fully saturated rings. The Morgan fingerprint density at radius 1 is 1.46 bits per heavy atom. The van der Waals surface area contributed by atoms with E-state index in [0.717, 1.165) is 19.7 Å². The van der Waals surface area contributed by atoms with Crippen LogP contribution in [0.15, 0.2) is 0 Å². The summed E-state index contributed by atoms with van der Waals surface area (Å²) in [6.07, 6.45) is 2.76. The first-order chi connectivity index (χ1) is 6.33. The van der Waals surface area contributed by atoms with Gasteiger partial charge in [0.2, 0.25) is 0 Å². The minimum absolute atomic E-state index is 0.380. The third-order valence-corrected chi connectivity index (χ3v) is 2.92. The Balaban J connectivity index is 2.48. The van der Waals surface area contributed by atoms with Crippen LogP contribution in [0.2, 0.25) is 0 Å². The lowest BCUT2D eigenvalue weighted by atomic mass is 10.1. The molecule has 0 saturated carbocycles. The van der Waals surface area contributed by atoms with E-state index in [0.29, 0.717) is 18.7 Å². The standard InChI is InChI=1S/C10H22N2O/c1-3-12(4-2)9(8-11)10-6-5-7-13-10/h9-10H,3-8,11H2,1-2H3. The van der Waals surface area contributed by atoms with Gasteiger partial charge < -0.3 is 10.5 Å². The largest absolute Gasteiger partial charge is 0.377 e. The van der Waals surface area contributed by atoms with Gasteiger partial charge in [0, 0.05) is 19.2 Å². The van der Waals surface area contributed by atoms with E-state index in [1.54, 1.807) is 0 Å². The number of nitrogens with zero attached hydrogens (tertiary/aromatic N) is 1. The fourth-order valence-electron chi connectivity index (χ4n) is 2.13. The first-order valence-electron chi connectivity index (χ1n) is 5.39. The molecule has 0 aliphatic carbocycles. The van der Waals surface area contributed by atoms with Crippen molar-refractivity contribution in [1.82, 2.24) is 4.90 Å². The van der Waals surface area contributed by atoms with Crippen molar-refractivity contribution in [3.05, 3.63) is 0 Å². The fraction of sp³-hybridized carbons (Fsp3) is 1.00. The maximum Gasteiger partial charge on any atom is 0.0743 e. The summed E-state index contributed by atoms with van der Waals surface area (Å²) in [6.45, 7) is 8.13. The van der Waals surface area contributed by atoms with E-state index in [1.807, 2.05) is 0 Å². The molecule has 0 aromatic rings. The minimum atomic E-state index is 0.380. The van der Waals surface area contributed by atoms with Crippen LogP contribution in [0, 0.1) is 0 Å². The van der Waals surface area contributed by atoms with Crippen LogP contribution in [-0.2, 0) is 4.74 Å². The maximum atomic E-state index is 5.78. The highest BCUT2D eigenvalue weighted by molar-refractivity contribution is 4.82. The lowest BCUT2D eigenvalue weighted by molar-refractivity contribution is 0.0312. The van der Waals surface area contributed by atoms with Gasteiger partial charge in [-0.2, -0.15) is 0 Å². The van der Waals surface area contributed by atoms with Crippen LogP contribution in [0.25, 0.3) is 0 Å². The van der Waals surface area contributed by atoms with Crippen LogP contribution in [0.3, 0.4) is 0 Å². The molecule has 3 heteroatoms. The molecule has 1 saturated heterocycles. The Morgan fingerprint density at radius 2 is 2.15 bits per heavy atom. The normalized spacial score (nSPS) is 25.4. The zero-order valence-corrected chi connectivity index (χ0v) is 8.83. The number of hydrogen-bond acceptors (Lipinski definition) is 3. The van der Waals surface area contributed by atoms with Crippen molar-refractivity contribution < 1.29 is 4.74 Å². The van der Waals surface area contributed by atoms with Gasteiger partial charge in [0.25, 0.3) is 0 Å². The molecule has 2 N–H and O–H groups in total. The molecule has 78 valence electrons. The van der Waals surface area contributed by atoms with Crippen molar-refractivity contribution >= 4 is 0 Å². The summed E-state index contributed by atoms with van der Waals surface area (Å²) in [5, 5.41) is 0. The predicted octanol–water partition coefficient (Wildman–Crippen LogP) is 0.834. The highest BCUT2D eigenvalue weighted by Crippen LogP contribution is 2.18. The number of likely N-dealkylation sites (N-methyl/N-ethyl adjacent to an activating group) is 1. The van der Waals surface area contributed by atoms with Crippen molar-refractivity contribution in [2.45, 2.75) is 38.8 Å². The highest BCUT2D eigenvalue weighted by Gasteiger charge is 2.28. The first-order valence-corrected chi connectivity index (χ1v) is 5.39. The molecule has 2 atom stereocenters. The van der Waals surface area contributed by atoms with Crippen LogP contribution in [0.4, 0.5) is 0 Å². The molecule has 1 rings (SSSR count). The number of nitrogens with two attached hydrogens (primary N) is 1. The maximum absolute atomic E-state index is 5.78. The highest BCUT2D eigenvalue weighted by atomic mass is 16.5. The summed E-state index contributed by atoms with van der Waals surface area (Å²) in [4.78, 5) is 2.40. The zero-order chi connectivity index (χ0) is 9.68. The molecule has 1 aliphatic rings. The van der Waals surface area contributed by atoms with Crippen molar-refractivity contribution in [1.29, 1.82) is 0 Å². The van der Waals surface area contributed by atoms with Crippen LogP contribution in [0.5, 0.6) is 0 Å². The van der Waals surface area contributed by atoms with Crippen molar-refractivity contribution in [2.24, 2.45) is 5.73 Å². The Kier molecular flexibility index (Phi) is 4.70. The Hall–Kier alpha value is -0.120. The third kappa shape index (κ3) is 2.66. The van der Waals surface area contributed by atoms with Gasteiger partial charge in [-0.25, -0.2) is 0 Å². The molecule has 0 bridgehead atoms.